The Hall–Kier alpha value is -2.74. The lowest BCUT2D eigenvalue weighted by Crippen LogP contribution is -2.52. The predicted molar refractivity (Wildman–Crippen MR) is 105 cm³/mol. The first-order valence-electron chi connectivity index (χ1n) is 10.2. The number of rotatable bonds is 4. The van der Waals surface area contributed by atoms with Crippen LogP contribution in [0.3, 0.4) is 0 Å². The van der Waals surface area contributed by atoms with Crippen LogP contribution in [0.1, 0.15) is 64.8 Å². The van der Waals surface area contributed by atoms with Gasteiger partial charge < -0.3 is 16.0 Å². The third kappa shape index (κ3) is 4.03. The Bertz CT molecular complexity index is 868. The van der Waals surface area contributed by atoms with E-state index in [1.165, 1.54) is 4.90 Å². The molecule has 2 heterocycles. The largest absolute Gasteiger partial charge is 0.352 e. The van der Waals surface area contributed by atoms with Crippen LogP contribution in [0.5, 0.6) is 0 Å². The smallest absolute Gasteiger partial charge is 0.255 e. The molecule has 0 bridgehead atoms. The zero-order chi connectivity index (χ0) is 20.5. The van der Waals surface area contributed by atoms with Crippen LogP contribution in [0.2, 0.25) is 0 Å². The van der Waals surface area contributed by atoms with E-state index in [0.717, 1.165) is 31.2 Å². The number of amides is 4. The summed E-state index contributed by atoms with van der Waals surface area (Å²) in [6, 6.07) is 4.64. The number of hydrogen-bond donors (Lipinski definition) is 3. The van der Waals surface area contributed by atoms with E-state index in [0.29, 0.717) is 36.6 Å². The van der Waals surface area contributed by atoms with Gasteiger partial charge in [-0.05, 0) is 49.3 Å². The molecule has 1 saturated carbocycles. The molecule has 8 nitrogen and oxygen atoms in total. The minimum atomic E-state index is -0.652. The van der Waals surface area contributed by atoms with Crippen LogP contribution in [0.25, 0.3) is 0 Å². The molecule has 0 spiro atoms. The molecule has 1 aromatic carbocycles. The molecule has 4 rings (SSSR count). The molecule has 0 radical (unpaired) electrons. The second-order valence-electron chi connectivity index (χ2n) is 8.27. The van der Waals surface area contributed by atoms with Crippen molar-refractivity contribution in [2.45, 2.75) is 57.2 Å². The Morgan fingerprint density at radius 2 is 2.03 bits per heavy atom. The number of nitrogens with two attached hydrogens (primary N) is 1. The summed E-state index contributed by atoms with van der Waals surface area (Å²) in [6.45, 7) is 0.891. The van der Waals surface area contributed by atoms with Crippen LogP contribution in [-0.4, -0.2) is 47.2 Å². The molecule has 2 fully saturated rings. The highest BCUT2D eigenvalue weighted by molar-refractivity contribution is 6.06. The van der Waals surface area contributed by atoms with Gasteiger partial charge in [0.05, 0.1) is 0 Å². The van der Waals surface area contributed by atoms with E-state index in [1.54, 1.807) is 18.2 Å². The Morgan fingerprint density at radius 3 is 2.79 bits per heavy atom. The standard InChI is InChI=1S/C21H26N4O4/c22-15-3-1-2-12(8-15)10-23-19(27)13-4-5-14-11-25(21(29)16(14)9-13)17-6-7-18(26)24-20(17)28/h4-5,9,12,15,17H,1-3,6-8,10-11,22H2,(H,23,27)(H,24,26,28)/t12-,15+,17?/m0/s1. The Morgan fingerprint density at radius 1 is 1.21 bits per heavy atom. The fraction of sp³-hybridized carbons (Fsp3) is 0.524. The molecule has 2 aliphatic heterocycles. The number of benzene rings is 1. The van der Waals surface area contributed by atoms with Crippen molar-refractivity contribution < 1.29 is 19.2 Å². The number of imide groups is 1. The lowest BCUT2D eigenvalue weighted by atomic mass is 9.86. The summed E-state index contributed by atoms with van der Waals surface area (Å²) in [6.07, 6.45) is 4.66. The third-order valence-corrected chi connectivity index (χ3v) is 6.17. The molecule has 29 heavy (non-hydrogen) atoms. The van der Waals surface area contributed by atoms with Crippen LogP contribution in [0.4, 0.5) is 0 Å². The van der Waals surface area contributed by atoms with E-state index in [1.807, 2.05) is 0 Å². The first-order chi connectivity index (χ1) is 13.9. The highest BCUT2D eigenvalue weighted by atomic mass is 16.2. The monoisotopic (exact) mass is 398 g/mol. The zero-order valence-corrected chi connectivity index (χ0v) is 16.3. The molecule has 1 saturated heterocycles. The van der Waals surface area contributed by atoms with Crippen molar-refractivity contribution in [3.63, 3.8) is 0 Å². The van der Waals surface area contributed by atoms with Crippen LogP contribution in [0, 0.1) is 5.92 Å². The van der Waals surface area contributed by atoms with E-state index in [4.69, 9.17) is 5.73 Å². The molecule has 8 heteroatoms. The lowest BCUT2D eigenvalue weighted by molar-refractivity contribution is -0.136. The number of hydrogen-bond acceptors (Lipinski definition) is 5. The summed E-state index contributed by atoms with van der Waals surface area (Å²) in [4.78, 5) is 50.4. The molecular formula is C21H26N4O4. The molecule has 1 aromatic rings. The highest BCUT2D eigenvalue weighted by Gasteiger charge is 2.39. The van der Waals surface area contributed by atoms with Gasteiger partial charge in [-0.3, -0.25) is 24.5 Å². The Balaban J connectivity index is 1.41. The molecule has 154 valence electrons. The van der Waals surface area contributed by atoms with Gasteiger partial charge in [-0.2, -0.15) is 0 Å². The fourth-order valence-corrected chi connectivity index (χ4v) is 4.55. The van der Waals surface area contributed by atoms with Crippen LogP contribution >= 0.6 is 0 Å². The summed E-state index contributed by atoms with van der Waals surface area (Å²) in [5.74, 6) is -0.845. The molecule has 3 atom stereocenters. The van der Waals surface area contributed by atoms with Gasteiger partial charge in [0, 0.05) is 36.7 Å². The predicted octanol–water partition coefficient (Wildman–Crippen LogP) is 0.695. The first kappa shape index (κ1) is 19.6. The topological polar surface area (TPSA) is 122 Å². The number of carbonyl (C=O) groups excluding carboxylic acids is 4. The second-order valence-corrected chi connectivity index (χ2v) is 8.27. The molecule has 4 N–H and O–H groups in total. The number of nitrogens with one attached hydrogen (secondary N) is 2. The van der Waals surface area contributed by atoms with Gasteiger partial charge in [0.1, 0.15) is 6.04 Å². The minimum absolute atomic E-state index is 0.209. The van der Waals surface area contributed by atoms with Gasteiger partial charge in [0.25, 0.3) is 11.8 Å². The Labute approximate surface area is 169 Å². The van der Waals surface area contributed by atoms with Crippen molar-refractivity contribution in [1.82, 2.24) is 15.5 Å². The van der Waals surface area contributed by atoms with Crippen molar-refractivity contribution in [3.8, 4) is 0 Å². The van der Waals surface area contributed by atoms with E-state index >= 15 is 0 Å². The maximum atomic E-state index is 12.9. The van der Waals surface area contributed by atoms with Gasteiger partial charge in [-0.25, -0.2) is 0 Å². The number of carbonyl (C=O) groups is 4. The normalized spacial score (nSPS) is 26.9. The SMILES string of the molecule is N[C@@H]1CCC[C@H](CNC(=O)c2ccc3c(c2)C(=O)N(C2CCC(=O)NC2=O)C3)C1. The van der Waals surface area contributed by atoms with E-state index in [2.05, 4.69) is 10.6 Å². The summed E-state index contributed by atoms with van der Waals surface area (Å²) < 4.78 is 0. The van der Waals surface area contributed by atoms with Crippen LogP contribution in [0.15, 0.2) is 18.2 Å². The number of fused-ring (bicyclic) bond motifs is 1. The van der Waals surface area contributed by atoms with Crippen molar-refractivity contribution in [3.05, 3.63) is 34.9 Å². The molecule has 4 amide bonds. The molecule has 3 aliphatic rings. The van der Waals surface area contributed by atoms with Crippen molar-refractivity contribution in [2.24, 2.45) is 11.7 Å². The van der Waals surface area contributed by atoms with Gasteiger partial charge in [0.15, 0.2) is 0 Å². The van der Waals surface area contributed by atoms with E-state index in [9.17, 15) is 19.2 Å². The van der Waals surface area contributed by atoms with Crippen LogP contribution in [-0.2, 0) is 16.1 Å². The molecule has 0 aromatic heterocycles. The zero-order valence-electron chi connectivity index (χ0n) is 16.3. The maximum absolute atomic E-state index is 12.9. The second kappa shape index (κ2) is 7.94. The lowest BCUT2D eigenvalue weighted by Gasteiger charge is -2.29. The Kier molecular flexibility index (Phi) is 5.36. The van der Waals surface area contributed by atoms with Gasteiger partial charge in [-0.15, -0.1) is 0 Å². The number of piperidine rings is 1. The minimum Gasteiger partial charge on any atom is -0.352 e. The third-order valence-electron chi connectivity index (χ3n) is 6.17. The summed E-state index contributed by atoms with van der Waals surface area (Å²) in [5.41, 5.74) is 7.67. The van der Waals surface area contributed by atoms with Crippen molar-refractivity contribution in [1.29, 1.82) is 0 Å². The maximum Gasteiger partial charge on any atom is 0.255 e. The summed E-state index contributed by atoms with van der Waals surface area (Å²) >= 11 is 0. The van der Waals surface area contributed by atoms with Gasteiger partial charge in [0.2, 0.25) is 11.8 Å². The number of nitrogens with zero attached hydrogens (tertiary/aromatic N) is 1. The van der Waals surface area contributed by atoms with E-state index in [-0.39, 0.29) is 30.2 Å². The quantitative estimate of drug-likeness (QED) is 0.645. The molecule has 1 aliphatic carbocycles. The summed E-state index contributed by atoms with van der Waals surface area (Å²) in [7, 11) is 0. The van der Waals surface area contributed by atoms with Crippen molar-refractivity contribution in [2.75, 3.05) is 6.54 Å². The summed E-state index contributed by atoms with van der Waals surface area (Å²) in [5, 5.41) is 5.25. The molecular weight excluding hydrogens is 372 g/mol. The van der Waals surface area contributed by atoms with Crippen LogP contribution < -0.4 is 16.4 Å². The van der Waals surface area contributed by atoms with Gasteiger partial charge >= 0.3 is 0 Å². The molecule has 1 unspecified atom stereocenters. The van der Waals surface area contributed by atoms with Crippen molar-refractivity contribution >= 4 is 23.6 Å². The van der Waals surface area contributed by atoms with Gasteiger partial charge in [-0.1, -0.05) is 12.5 Å². The average Bonchev–Trinajstić information content (AvgIpc) is 3.02. The van der Waals surface area contributed by atoms with E-state index < -0.39 is 11.9 Å². The first-order valence-corrected chi connectivity index (χ1v) is 10.2. The highest BCUT2D eigenvalue weighted by Crippen LogP contribution is 2.28. The average molecular weight is 398 g/mol. The fourth-order valence-electron chi connectivity index (χ4n) is 4.55.